The van der Waals surface area contributed by atoms with E-state index in [0.717, 1.165) is 47.9 Å². The van der Waals surface area contributed by atoms with Crippen LogP contribution in [0.15, 0.2) is 35.4 Å². The first-order valence-electron chi connectivity index (χ1n) is 8.77. The Morgan fingerprint density at radius 2 is 2.23 bits per heavy atom. The van der Waals surface area contributed by atoms with Gasteiger partial charge in [-0.1, -0.05) is 0 Å². The number of imidazole rings is 1. The van der Waals surface area contributed by atoms with E-state index in [0.29, 0.717) is 13.1 Å². The smallest absolute Gasteiger partial charge is 0.252 e. The lowest BCUT2D eigenvalue weighted by atomic mass is 10.0. The fourth-order valence-corrected chi connectivity index (χ4v) is 3.42. The maximum Gasteiger partial charge on any atom is 0.252 e. The molecule has 1 aliphatic rings. The van der Waals surface area contributed by atoms with Crippen LogP contribution in [0.2, 0.25) is 0 Å². The monoisotopic (exact) mass is 353 g/mol. The molecule has 0 radical (unpaired) electrons. The van der Waals surface area contributed by atoms with Gasteiger partial charge in [-0.05, 0) is 30.8 Å². The zero-order valence-corrected chi connectivity index (χ0v) is 15.1. The number of pyridine rings is 2. The number of rotatable bonds is 5. The van der Waals surface area contributed by atoms with Crippen molar-refractivity contribution in [3.05, 3.63) is 63.5 Å². The Hall–Kier alpha value is -2.64. The number of methoxy groups -OCH3 is 1. The van der Waals surface area contributed by atoms with Gasteiger partial charge in [-0.15, -0.1) is 0 Å². The highest BCUT2D eigenvalue weighted by molar-refractivity contribution is 5.43. The summed E-state index contributed by atoms with van der Waals surface area (Å²) in [6, 6.07) is 5.85. The van der Waals surface area contributed by atoms with Crippen molar-refractivity contribution in [3.8, 4) is 5.75 Å². The maximum absolute atomic E-state index is 12.3. The molecular formula is C19H23N5O2. The van der Waals surface area contributed by atoms with Gasteiger partial charge in [0.05, 0.1) is 25.2 Å². The van der Waals surface area contributed by atoms with Gasteiger partial charge in [-0.25, -0.2) is 4.98 Å². The maximum atomic E-state index is 12.3. The van der Waals surface area contributed by atoms with Gasteiger partial charge in [-0.2, -0.15) is 0 Å². The Morgan fingerprint density at radius 1 is 1.35 bits per heavy atom. The molecule has 4 heterocycles. The van der Waals surface area contributed by atoms with E-state index in [1.165, 1.54) is 5.56 Å². The van der Waals surface area contributed by atoms with Crippen molar-refractivity contribution in [2.75, 3.05) is 20.7 Å². The predicted octanol–water partition coefficient (Wildman–Crippen LogP) is 1.31. The van der Waals surface area contributed by atoms with Gasteiger partial charge in [0.15, 0.2) is 0 Å². The molecule has 0 atom stereocenters. The van der Waals surface area contributed by atoms with E-state index in [1.807, 2.05) is 35.0 Å². The second-order valence-electron chi connectivity index (χ2n) is 6.77. The first-order valence-corrected chi connectivity index (χ1v) is 8.77. The van der Waals surface area contributed by atoms with Crippen molar-refractivity contribution in [3.63, 3.8) is 0 Å². The summed E-state index contributed by atoms with van der Waals surface area (Å²) >= 11 is 0. The second-order valence-corrected chi connectivity index (χ2v) is 6.77. The molecule has 0 bridgehead atoms. The van der Waals surface area contributed by atoms with Crippen LogP contribution in [-0.4, -0.2) is 40.0 Å². The van der Waals surface area contributed by atoms with E-state index < -0.39 is 0 Å². The number of nitrogens with one attached hydrogen (secondary N) is 2. The van der Waals surface area contributed by atoms with Crippen molar-refractivity contribution < 1.29 is 4.74 Å². The number of aromatic nitrogens is 3. The molecule has 0 unspecified atom stereocenters. The van der Waals surface area contributed by atoms with Gasteiger partial charge >= 0.3 is 0 Å². The zero-order valence-electron chi connectivity index (χ0n) is 15.1. The Bertz CT molecular complexity index is 991. The highest BCUT2D eigenvalue weighted by Crippen LogP contribution is 2.16. The highest BCUT2D eigenvalue weighted by Gasteiger charge is 2.15. The molecule has 7 heteroatoms. The molecule has 0 fully saturated rings. The fourth-order valence-electron chi connectivity index (χ4n) is 3.42. The normalized spacial score (nSPS) is 14.5. The molecule has 26 heavy (non-hydrogen) atoms. The third-order valence-corrected chi connectivity index (χ3v) is 4.89. The average Bonchev–Trinajstić information content (AvgIpc) is 3.04. The Morgan fingerprint density at radius 3 is 3.08 bits per heavy atom. The number of hydrogen-bond acceptors (Lipinski definition) is 5. The number of fused-ring (bicyclic) bond motifs is 2. The molecule has 0 spiro atoms. The minimum atomic E-state index is 0.000569. The summed E-state index contributed by atoms with van der Waals surface area (Å²) in [6.07, 6.45) is 4.66. The molecule has 1 aliphatic heterocycles. The number of nitrogens with zero attached hydrogens (tertiary/aromatic N) is 3. The van der Waals surface area contributed by atoms with Crippen LogP contribution in [-0.2, 0) is 26.1 Å². The minimum Gasteiger partial charge on any atom is -0.495 e. The van der Waals surface area contributed by atoms with Gasteiger partial charge in [0.1, 0.15) is 11.4 Å². The second kappa shape index (κ2) is 6.93. The minimum absolute atomic E-state index is 0.000569. The Kier molecular flexibility index (Phi) is 4.48. The Balaban J connectivity index is 1.48. The lowest BCUT2D eigenvalue weighted by Crippen LogP contribution is -2.31. The van der Waals surface area contributed by atoms with E-state index in [9.17, 15) is 4.79 Å². The van der Waals surface area contributed by atoms with Gasteiger partial charge in [0.2, 0.25) is 0 Å². The van der Waals surface area contributed by atoms with Crippen LogP contribution in [0.25, 0.3) is 5.65 Å². The third-order valence-electron chi connectivity index (χ3n) is 4.89. The molecule has 3 aromatic rings. The topological polar surface area (TPSA) is 74.7 Å². The molecule has 136 valence electrons. The lowest BCUT2D eigenvalue weighted by Gasteiger charge is -2.24. The summed E-state index contributed by atoms with van der Waals surface area (Å²) in [5.41, 5.74) is 4.96. The summed E-state index contributed by atoms with van der Waals surface area (Å²) in [5.74, 6) is 0.784. The van der Waals surface area contributed by atoms with Crippen molar-refractivity contribution in [2.24, 2.45) is 0 Å². The van der Waals surface area contributed by atoms with Gasteiger partial charge in [0, 0.05) is 43.9 Å². The van der Waals surface area contributed by atoms with E-state index in [4.69, 9.17) is 4.74 Å². The predicted molar refractivity (Wildman–Crippen MR) is 99.4 cm³/mol. The SMILES string of the molecule is COc1ccc2ncc(CNCc3cc4c([nH]c3=O)CCN(C)C4)n2c1. The molecule has 0 saturated carbocycles. The van der Waals surface area contributed by atoms with Crippen molar-refractivity contribution in [2.45, 2.75) is 26.1 Å². The van der Waals surface area contributed by atoms with E-state index in [-0.39, 0.29) is 5.56 Å². The summed E-state index contributed by atoms with van der Waals surface area (Å²) in [5, 5.41) is 3.36. The van der Waals surface area contributed by atoms with Crippen molar-refractivity contribution in [1.29, 1.82) is 0 Å². The summed E-state index contributed by atoms with van der Waals surface area (Å²) in [4.78, 5) is 22.0. The number of H-pyrrole nitrogens is 1. The van der Waals surface area contributed by atoms with Crippen LogP contribution in [0, 0.1) is 0 Å². The molecule has 7 nitrogen and oxygen atoms in total. The van der Waals surface area contributed by atoms with Crippen LogP contribution >= 0.6 is 0 Å². The van der Waals surface area contributed by atoms with E-state index >= 15 is 0 Å². The number of aromatic amines is 1. The van der Waals surface area contributed by atoms with Gasteiger partial charge < -0.3 is 19.9 Å². The van der Waals surface area contributed by atoms with Crippen LogP contribution < -0.4 is 15.6 Å². The van der Waals surface area contributed by atoms with E-state index in [2.05, 4.69) is 27.2 Å². The lowest BCUT2D eigenvalue weighted by molar-refractivity contribution is 0.309. The molecular weight excluding hydrogens is 330 g/mol. The van der Waals surface area contributed by atoms with Crippen LogP contribution in [0.5, 0.6) is 5.75 Å². The average molecular weight is 353 g/mol. The first-order chi connectivity index (χ1) is 12.6. The van der Waals surface area contributed by atoms with E-state index in [1.54, 1.807) is 7.11 Å². The molecule has 0 amide bonds. The summed E-state index contributed by atoms with van der Waals surface area (Å²) in [7, 11) is 3.75. The van der Waals surface area contributed by atoms with Crippen LogP contribution in [0.1, 0.15) is 22.5 Å². The third kappa shape index (κ3) is 3.23. The van der Waals surface area contributed by atoms with Gasteiger partial charge in [-0.3, -0.25) is 9.20 Å². The first kappa shape index (κ1) is 16.8. The quantitative estimate of drug-likeness (QED) is 0.723. The molecule has 3 aromatic heterocycles. The Labute approximate surface area is 151 Å². The highest BCUT2D eigenvalue weighted by atomic mass is 16.5. The fraction of sp³-hybridized carbons (Fsp3) is 0.368. The van der Waals surface area contributed by atoms with Gasteiger partial charge in [0.25, 0.3) is 5.56 Å². The molecule has 4 rings (SSSR count). The number of likely N-dealkylation sites (N-methyl/N-ethyl adjacent to an activating group) is 1. The molecule has 0 saturated heterocycles. The molecule has 0 aromatic carbocycles. The zero-order chi connectivity index (χ0) is 18.1. The molecule has 0 aliphatic carbocycles. The van der Waals surface area contributed by atoms with Crippen molar-refractivity contribution in [1.82, 2.24) is 24.6 Å². The molecule has 2 N–H and O–H groups in total. The largest absolute Gasteiger partial charge is 0.495 e. The number of ether oxygens (including phenoxy) is 1. The number of hydrogen-bond donors (Lipinski definition) is 2. The summed E-state index contributed by atoms with van der Waals surface area (Å²) in [6.45, 7) is 3.00. The van der Waals surface area contributed by atoms with Crippen molar-refractivity contribution >= 4 is 5.65 Å². The van der Waals surface area contributed by atoms with Crippen LogP contribution in [0.3, 0.4) is 0 Å². The standard InChI is InChI=1S/C19H23N5O2/c1-23-6-5-17-14(11-23)7-13(19(25)22-17)8-20-9-15-10-21-18-4-3-16(26-2)12-24(15)18/h3-4,7,10,12,20H,5-6,8-9,11H2,1-2H3,(H,22,25). The summed E-state index contributed by atoms with van der Waals surface area (Å²) < 4.78 is 7.28. The van der Waals surface area contributed by atoms with Crippen LogP contribution in [0.4, 0.5) is 0 Å².